The summed E-state index contributed by atoms with van der Waals surface area (Å²) in [7, 11) is 0. The smallest absolute Gasteiger partial charge is 0.343 e. The Balaban J connectivity index is 1.55. The zero-order valence-corrected chi connectivity index (χ0v) is 21.5. The Morgan fingerprint density at radius 3 is 1.68 bits per heavy atom. The highest BCUT2D eigenvalue weighted by atomic mass is 35.5. The highest BCUT2D eigenvalue weighted by Gasteiger charge is 2.26. The molecule has 1 heterocycles. The van der Waals surface area contributed by atoms with Crippen molar-refractivity contribution in [2.45, 2.75) is 20.0 Å². The Morgan fingerprint density at radius 1 is 0.757 bits per heavy atom. The highest BCUT2D eigenvalue weighted by molar-refractivity contribution is 6.31. The molecule has 0 aliphatic carbocycles. The fourth-order valence-corrected chi connectivity index (χ4v) is 4.12. The minimum Gasteiger partial charge on any atom is -0.486 e. The molecule has 37 heavy (non-hydrogen) atoms. The van der Waals surface area contributed by atoms with Crippen molar-refractivity contribution < 1.29 is 28.5 Å². The number of hydrogen-bond donors (Lipinski definition) is 0. The van der Waals surface area contributed by atoms with Gasteiger partial charge in [0.1, 0.15) is 24.2 Å². The first kappa shape index (κ1) is 24.9. The monoisotopic (exact) mass is 536 g/mol. The van der Waals surface area contributed by atoms with E-state index < -0.39 is 11.9 Å². The van der Waals surface area contributed by atoms with E-state index in [1.807, 2.05) is 13.8 Å². The van der Waals surface area contributed by atoms with E-state index in [0.29, 0.717) is 50.1 Å². The van der Waals surface area contributed by atoms with E-state index in [0.717, 1.165) is 0 Å². The summed E-state index contributed by atoms with van der Waals surface area (Å²) >= 11 is 11.9. The van der Waals surface area contributed by atoms with Gasteiger partial charge in [0.05, 0.1) is 11.1 Å². The summed E-state index contributed by atoms with van der Waals surface area (Å²) in [5, 5.41) is 2.07. The predicted octanol–water partition coefficient (Wildman–Crippen LogP) is 7.38. The van der Waals surface area contributed by atoms with Crippen LogP contribution in [0.4, 0.5) is 0 Å². The molecule has 8 heteroatoms. The van der Waals surface area contributed by atoms with Crippen molar-refractivity contribution >= 4 is 45.9 Å². The van der Waals surface area contributed by atoms with Crippen molar-refractivity contribution in [3.8, 4) is 23.0 Å². The van der Waals surface area contributed by atoms with E-state index in [4.69, 9.17) is 42.1 Å². The average Bonchev–Trinajstić information content (AvgIpc) is 2.89. The van der Waals surface area contributed by atoms with E-state index in [9.17, 15) is 9.59 Å². The van der Waals surface area contributed by atoms with E-state index in [1.165, 1.54) is 0 Å². The molecule has 4 aromatic carbocycles. The fourth-order valence-electron chi connectivity index (χ4n) is 3.87. The third-order valence-electron chi connectivity index (χ3n) is 5.99. The Hall–Kier alpha value is -3.74. The molecule has 0 N–H and O–H groups in total. The third-order valence-corrected chi connectivity index (χ3v) is 6.50. The largest absolute Gasteiger partial charge is 0.486 e. The third kappa shape index (κ3) is 5.36. The molecule has 0 aromatic heterocycles. The molecule has 0 fully saturated rings. The summed E-state index contributed by atoms with van der Waals surface area (Å²) in [5.74, 6) is 0.699. The second-order valence-corrected chi connectivity index (χ2v) is 9.78. The molecule has 5 rings (SSSR count). The molecule has 0 saturated heterocycles. The van der Waals surface area contributed by atoms with Crippen LogP contribution in [-0.4, -0.2) is 24.6 Å². The van der Waals surface area contributed by atoms with Crippen molar-refractivity contribution in [2.24, 2.45) is 5.92 Å². The van der Waals surface area contributed by atoms with Crippen molar-refractivity contribution in [1.82, 2.24) is 0 Å². The highest BCUT2D eigenvalue weighted by Crippen LogP contribution is 2.43. The quantitative estimate of drug-likeness (QED) is 0.195. The zero-order chi connectivity index (χ0) is 26.1. The van der Waals surface area contributed by atoms with Crippen LogP contribution in [0.2, 0.25) is 10.0 Å². The van der Waals surface area contributed by atoms with Gasteiger partial charge in [0.15, 0.2) is 11.5 Å². The minimum absolute atomic E-state index is 0.129. The maximum atomic E-state index is 12.9. The van der Waals surface area contributed by atoms with Crippen molar-refractivity contribution in [1.29, 1.82) is 0 Å². The van der Waals surface area contributed by atoms with Crippen molar-refractivity contribution in [2.75, 3.05) is 6.61 Å². The van der Waals surface area contributed by atoms with E-state index >= 15 is 0 Å². The average molecular weight is 537 g/mol. The maximum Gasteiger partial charge on any atom is 0.343 e. The molecular formula is C29H22Cl2O6. The van der Waals surface area contributed by atoms with Crippen LogP contribution in [0.3, 0.4) is 0 Å². The predicted molar refractivity (Wildman–Crippen MR) is 142 cm³/mol. The molecule has 0 saturated carbocycles. The molecule has 1 unspecified atom stereocenters. The summed E-state index contributed by atoms with van der Waals surface area (Å²) in [6.45, 7) is 4.49. The van der Waals surface area contributed by atoms with Crippen LogP contribution in [-0.2, 0) is 0 Å². The molecule has 4 aromatic rings. The number of fused-ring (bicyclic) bond motifs is 2. The van der Waals surface area contributed by atoms with Gasteiger partial charge in [-0.05, 0) is 78.7 Å². The molecule has 0 spiro atoms. The van der Waals surface area contributed by atoms with Gasteiger partial charge in [-0.25, -0.2) is 9.59 Å². The maximum absolute atomic E-state index is 12.9. The topological polar surface area (TPSA) is 71.1 Å². The lowest BCUT2D eigenvalue weighted by Gasteiger charge is -2.29. The first-order chi connectivity index (χ1) is 17.8. The first-order valence-electron chi connectivity index (χ1n) is 11.6. The number of halogens is 2. The fraction of sp³-hybridized carbons (Fsp3) is 0.172. The van der Waals surface area contributed by atoms with Gasteiger partial charge in [0.2, 0.25) is 0 Å². The SMILES string of the molecule is CC(C)C1COc2cc3c(OC(=O)c4ccc(Cl)cc4)ccc(OC(=O)c4ccc(Cl)cc4)c3cc2O1. The summed E-state index contributed by atoms with van der Waals surface area (Å²) in [6.07, 6.45) is -0.129. The molecule has 1 aliphatic heterocycles. The van der Waals surface area contributed by atoms with Gasteiger partial charge >= 0.3 is 11.9 Å². The lowest BCUT2D eigenvalue weighted by Crippen LogP contribution is -2.33. The normalized spacial score (nSPS) is 14.5. The van der Waals surface area contributed by atoms with E-state index in [-0.39, 0.29) is 23.5 Å². The number of carbonyl (C=O) groups is 2. The Kier molecular flexibility index (Phi) is 6.96. The molecule has 1 aliphatic rings. The number of esters is 2. The van der Waals surface area contributed by atoms with Gasteiger partial charge in [-0.15, -0.1) is 0 Å². The number of benzene rings is 4. The molecule has 6 nitrogen and oxygen atoms in total. The number of ether oxygens (including phenoxy) is 4. The summed E-state index contributed by atoms with van der Waals surface area (Å²) < 4.78 is 23.6. The van der Waals surface area contributed by atoms with Gasteiger partial charge in [-0.1, -0.05) is 37.0 Å². The molecule has 0 amide bonds. The zero-order valence-electron chi connectivity index (χ0n) is 20.0. The van der Waals surface area contributed by atoms with E-state index in [1.54, 1.807) is 72.8 Å². The Morgan fingerprint density at radius 2 is 1.22 bits per heavy atom. The molecular weight excluding hydrogens is 515 g/mol. The van der Waals surface area contributed by atoms with E-state index in [2.05, 4.69) is 0 Å². The summed E-state index contributed by atoms with van der Waals surface area (Å²) in [6, 6.07) is 19.4. The van der Waals surface area contributed by atoms with Gasteiger partial charge in [-0.2, -0.15) is 0 Å². The molecule has 1 atom stereocenters. The van der Waals surface area contributed by atoms with Crippen LogP contribution >= 0.6 is 23.2 Å². The number of carbonyl (C=O) groups excluding carboxylic acids is 2. The second-order valence-electron chi connectivity index (χ2n) is 8.91. The lowest BCUT2D eigenvalue weighted by atomic mass is 10.0. The van der Waals surface area contributed by atoms with Crippen molar-refractivity contribution in [3.05, 3.63) is 94.0 Å². The number of hydrogen-bond acceptors (Lipinski definition) is 6. The molecule has 0 radical (unpaired) electrons. The molecule has 0 bridgehead atoms. The van der Waals surface area contributed by atoms with Crippen LogP contribution in [0.15, 0.2) is 72.8 Å². The van der Waals surface area contributed by atoms with Gasteiger partial charge in [-0.3, -0.25) is 0 Å². The Bertz CT molecular complexity index is 1480. The first-order valence-corrected chi connectivity index (χ1v) is 12.4. The van der Waals surface area contributed by atoms with Crippen LogP contribution in [0.1, 0.15) is 34.6 Å². The van der Waals surface area contributed by atoms with Crippen LogP contribution in [0, 0.1) is 5.92 Å². The minimum atomic E-state index is -0.557. The molecule has 188 valence electrons. The van der Waals surface area contributed by atoms with Gasteiger partial charge < -0.3 is 18.9 Å². The number of rotatable bonds is 5. The van der Waals surface area contributed by atoms with Gasteiger partial charge in [0.25, 0.3) is 0 Å². The standard InChI is InChI=1S/C29H22Cl2O6/c1-16(2)27-15-34-25-13-21-22(14-26(25)35-27)24(37-29(33)18-5-9-20(31)10-6-18)12-11-23(21)36-28(32)17-3-7-19(30)8-4-17/h3-14,16,27H,15H2,1-2H3. The van der Waals surface area contributed by atoms with Gasteiger partial charge in [0, 0.05) is 20.8 Å². The van der Waals surface area contributed by atoms with Crippen LogP contribution in [0.25, 0.3) is 10.8 Å². The summed E-state index contributed by atoms with van der Waals surface area (Å²) in [5.41, 5.74) is 0.682. The second kappa shape index (κ2) is 10.3. The van der Waals surface area contributed by atoms with Crippen LogP contribution in [0.5, 0.6) is 23.0 Å². The summed E-state index contributed by atoms with van der Waals surface area (Å²) in [4.78, 5) is 25.7. The Labute approximate surface area is 223 Å². The lowest BCUT2D eigenvalue weighted by molar-refractivity contribution is 0.0593. The van der Waals surface area contributed by atoms with Crippen molar-refractivity contribution in [3.63, 3.8) is 0 Å². The van der Waals surface area contributed by atoms with Crippen LogP contribution < -0.4 is 18.9 Å².